The van der Waals surface area contributed by atoms with Crippen LogP contribution >= 0.6 is 0 Å². The minimum atomic E-state index is -1.20. The van der Waals surface area contributed by atoms with E-state index in [2.05, 4.69) is 4.74 Å². The molecule has 0 spiro atoms. The maximum Gasteiger partial charge on any atom is 0.340 e. The number of nitrogens with two attached hydrogens (primary N) is 1. The number of nitrogens with zero attached hydrogens (tertiary/aromatic N) is 1. The summed E-state index contributed by atoms with van der Waals surface area (Å²) in [4.78, 5) is 12.9. The van der Waals surface area contributed by atoms with Crippen molar-refractivity contribution in [3.63, 3.8) is 0 Å². The molecule has 1 rings (SSSR count). The summed E-state index contributed by atoms with van der Waals surface area (Å²) in [5.74, 6) is -3.17. The smallest absolute Gasteiger partial charge is 0.340 e. The third kappa shape index (κ3) is 3.45. The second kappa shape index (κ2) is 6.17. The lowest BCUT2D eigenvalue weighted by molar-refractivity contribution is 0.0594. The number of carbonyl (C=O) groups is 1. The van der Waals surface area contributed by atoms with Gasteiger partial charge in [-0.2, -0.15) is 0 Å². The number of esters is 1. The van der Waals surface area contributed by atoms with Crippen LogP contribution in [0.2, 0.25) is 0 Å². The zero-order valence-corrected chi connectivity index (χ0v) is 12.2. The zero-order chi connectivity index (χ0) is 15.5. The van der Waals surface area contributed by atoms with Gasteiger partial charge in [0.25, 0.3) is 0 Å². The quantitative estimate of drug-likeness (QED) is 0.843. The Bertz CT molecular complexity index is 504. The second-order valence-electron chi connectivity index (χ2n) is 5.48. The van der Waals surface area contributed by atoms with E-state index in [4.69, 9.17) is 5.73 Å². The van der Waals surface area contributed by atoms with Crippen LogP contribution in [0.3, 0.4) is 0 Å². The summed E-state index contributed by atoms with van der Waals surface area (Å²) in [5.41, 5.74) is 5.05. The van der Waals surface area contributed by atoms with Gasteiger partial charge in [-0.3, -0.25) is 0 Å². The SMILES string of the molecule is COC(=O)c1ccc(N(C)CC(C)(C)CN)c(F)c1F. The lowest BCUT2D eigenvalue weighted by Gasteiger charge is -2.30. The van der Waals surface area contributed by atoms with Crippen molar-refractivity contribution in [2.75, 3.05) is 32.1 Å². The number of carbonyl (C=O) groups excluding carboxylic acids is 1. The minimum absolute atomic E-state index is 0.0803. The Morgan fingerprint density at radius 3 is 2.45 bits per heavy atom. The lowest BCUT2D eigenvalue weighted by atomic mass is 9.93. The van der Waals surface area contributed by atoms with E-state index in [0.717, 1.165) is 7.11 Å². The summed E-state index contributed by atoms with van der Waals surface area (Å²) in [6.07, 6.45) is 0. The number of halogens is 2. The highest BCUT2D eigenvalue weighted by Gasteiger charge is 2.24. The molecule has 0 unspecified atom stereocenters. The van der Waals surface area contributed by atoms with Gasteiger partial charge in [-0.1, -0.05) is 13.8 Å². The topological polar surface area (TPSA) is 55.6 Å². The van der Waals surface area contributed by atoms with Crippen LogP contribution in [-0.2, 0) is 4.74 Å². The Balaban J connectivity index is 3.10. The molecule has 0 amide bonds. The van der Waals surface area contributed by atoms with Gasteiger partial charge in [0.15, 0.2) is 11.6 Å². The molecule has 4 nitrogen and oxygen atoms in total. The molecule has 112 valence electrons. The van der Waals surface area contributed by atoms with Crippen molar-refractivity contribution in [3.8, 4) is 0 Å². The molecule has 0 fully saturated rings. The molecule has 0 heterocycles. The average Bonchev–Trinajstić information content (AvgIpc) is 2.40. The van der Waals surface area contributed by atoms with Crippen LogP contribution in [-0.4, -0.2) is 33.2 Å². The Hall–Kier alpha value is -1.69. The highest BCUT2D eigenvalue weighted by atomic mass is 19.2. The van der Waals surface area contributed by atoms with E-state index in [1.54, 1.807) is 11.9 Å². The standard InChI is InChI=1S/C14H20F2N2O2/c1-14(2,7-17)8-18(3)10-6-5-9(13(19)20-4)11(15)12(10)16/h5-6H,7-8,17H2,1-4H3. The maximum atomic E-state index is 14.0. The van der Waals surface area contributed by atoms with Crippen molar-refractivity contribution >= 4 is 11.7 Å². The molecule has 0 atom stereocenters. The Morgan fingerprint density at radius 2 is 1.95 bits per heavy atom. The molecular weight excluding hydrogens is 266 g/mol. The van der Waals surface area contributed by atoms with E-state index in [1.165, 1.54) is 12.1 Å². The number of ether oxygens (including phenoxy) is 1. The van der Waals surface area contributed by atoms with Gasteiger partial charge in [0, 0.05) is 13.6 Å². The summed E-state index contributed by atoms with van der Waals surface area (Å²) in [6.45, 7) is 4.74. The molecule has 1 aromatic rings. The van der Waals surface area contributed by atoms with E-state index in [9.17, 15) is 13.6 Å². The summed E-state index contributed by atoms with van der Waals surface area (Å²) in [5, 5.41) is 0. The predicted octanol–water partition coefficient (Wildman–Crippen LogP) is 2.17. The Kier molecular flexibility index (Phi) is 5.05. The van der Waals surface area contributed by atoms with Gasteiger partial charge < -0.3 is 15.4 Å². The molecule has 1 aromatic carbocycles. The number of anilines is 1. The highest BCUT2D eigenvalue weighted by molar-refractivity contribution is 5.90. The first-order valence-corrected chi connectivity index (χ1v) is 6.21. The molecule has 6 heteroatoms. The van der Waals surface area contributed by atoms with Gasteiger partial charge in [0.2, 0.25) is 0 Å². The molecule has 0 aliphatic heterocycles. The summed E-state index contributed by atoms with van der Waals surface area (Å²) >= 11 is 0. The first-order valence-electron chi connectivity index (χ1n) is 6.21. The molecule has 20 heavy (non-hydrogen) atoms. The summed E-state index contributed by atoms with van der Waals surface area (Å²) in [6, 6.07) is 2.57. The number of hydrogen-bond acceptors (Lipinski definition) is 4. The van der Waals surface area contributed by atoms with Crippen molar-refractivity contribution in [3.05, 3.63) is 29.3 Å². The minimum Gasteiger partial charge on any atom is -0.465 e. The molecular formula is C14H20F2N2O2. The lowest BCUT2D eigenvalue weighted by Crippen LogP contribution is -2.37. The fourth-order valence-electron chi connectivity index (χ4n) is 1.89. The van der Waals surface area contributed by atoms with Crippen molar-refractivity contribution in [1.29, 1.82) is 0 Å². The molecule has 0 aromatic heterocycles. The maximum absolute atomic E-state index is 14.0. The van der Waals surface area contributed by atoms with E-state index in [1.807, 2.05) is 13.8 Å². The third-order valence-electron chi connectivity index (χ3n) is 3.10. The Morgan fingerprint density at radius 1 is 1.35 bits per heavy atom. The first-order chi connectivity index (χ1) is 9.23. The predicted molar refractivity (Wildman–Crippen MR) is 73.8 cm³/mol. The fourth-order valence-corrected chi connectivity index (χ4v) is 1.89. The fraction of sp³-hybridized carbons (Fsp3) is 0.500. The van der Waals surface area contributed by atoms with Crippen LogP contribution in [0.1, 0.15) is 24.2 Å². The molecule has 2 N–H and O–H groups in total. The molecule has 0 radical (unpaired) electrons. The van der Waals surface area contributed by atoms with Gasteiger partial charge in [0.1, 0.15) is 0 Å². The van der Waals surface area contributed by atoms with E-state index in [-0.39, 0.29) is 11.1 Å². The van der Waals surface area contributed by atoms with Crippen molar-refractivity contribution in [2.24, 2.45) is 11.1 Å². The number of methoxy groups -OCH3 is 1. The van der Waals surface area contributed by atoms with E-state index < -0.39 is 23.2 Å². The largest absolute Gasteiger partial charge is 0.465 e. The van der Waals surface area contributed by atoms with Gasteiger partial charge in [-0.25, -0.2) is 13.6 Å². The summed E-state index contributed by atoms with van der Waals surface area (Å²) < 4.78 is 32.3. The molecule has 0 bridgehead atoms. The summed E-state index contributed by atoms with van der Waals surface area (Å²) in [7, 11) is 2.76. The van der Waals surface area contributed by atoms with Crippen molar-refractivity contribution < 1.29 is 18.3 Å². The molecule has 0 saturated heterocycles. The van der Waals surface area contributed by atoms with Gasteiger partial charge >= 0.3 is 5.97 Å². The number of rotatable bonds is 5. The second-order valence-corrected chi connectivity index (χ2v) is 5.48. The van der Waals surface area contributed by atoms with E-state index in [0.29, 0.717) is 13.1 Å². The monoisotopic (exact) mass is 286 g/mol. The van der Waals surface area contributed by atoms with Crippen LogP contribution in [0.15, 0.2) is 12.1 Å². The molecule has 0 aliphatic carbocycles. The van der Waals surface area contributed by atoms with Crippen LogP contribution in [0.5, 0.6) is 0 Å². The van der Waals surface area contributed by atoms with E-state index >= 15 is 0 Å². The number of hydrogen-bond donors (Lipinski definition) is 1. The Labute approximate surface area is 117 Å². The first kappa shape index (κ1) is 16.4. The molecule has 0 saturated carbocycles. The average molecular weight is 286 g/mol. The van der Waals surface area contributed by atoms with Gasteiger partial charge in [0.05, 0.1) is 18.4 Å². The van der Waals surface area contributed by atoms with Gasteiger partial charge in [-0.15, -0.1) is 0 Å². The zero-order valence-electron chi connectivity index (χ0n) is 12.2. The van der Waals surface area contributed by atoms with Gasteiger partial charge in [-0.05, 0) is 24.1 Å². The van der Waals surface area contributed by atoms with Crippen molar-refractivity contribution in [1.82, 2.24) is 0 Å². The number of benzene rings is 1. The van der Waals surface area contributed by atoms with Crippen LogP contribution in [0.4, 0.5) is 14.5 Å². The third-order valence-corrected chi connectivity index (χ3v) is 3.10. The van der Waals surface area contributed by atoms with Crippen LogP contribution < -0.4 is 10.6 Å². The van der Waals surface area contributed by atoms with Crippen LogP contribution in [0.25, 0.3) is 0 Å². The highest BCUT2D eigenvalue weighted by Crippen LogP contribution is 2.26. The molecule has 0 aliphatic rings. The normalized spacial score (nSPS) is 11.3. The van der Waals surface area contributed by atoms with Crippen molar-refractivity contribution in [2.45, 2.75) is 13.8 Å². The van der Waals surface area contributed by atoms with Crippen LogP contribution in [0, 0.1) is 17.0 Å².